The van der Waals surface area contributed by atoms with Gasteiger partial charge in [-0.25, -0.2) is 0 Å². The van der Waals surface area contributed by atoms with Crippen LogP contribution in [0.25, 0.3) is 0 Å². The molecule has 0 aromatic heterocycles. The lowest BCUT2D eigenvalue weighted by Gasteiger charge is -2.45. The van der Waals surface area contributed by atoms with Crippen molar-refractivity contribution in [3.63, 3.8) is 0 Å². The number of rotatable bonds is 5. The molecule has 4 aliphatic carbocycles. The minimum atomic E-state index is 0.238. The van der Waals surface area contributed by atoms with E-state index in [0.717, 1.165) is 42.9 Å². The Kier molecular flexibility index (Phi) is 4.56. The molecule has 0 spiro atoms. The molecule has 6 unspecified atom stereocenters. The normalized spacial score (nSPS) is 39.4. The molecule has 4 rings (SSSR count). The van der Waals surface area contributed by atoms with E-state index in [1.165, 1.54) is 25.7 Å². The van der Waals surface area contributed by atoms with Crippen LogP contribution in [-0.2, 0) is 0 Å². The molecule has 0 aromatic carbocycles. The molecule has 0 amide bonds. The first-order valence-corrected chi connectivity index (χ1v) is 10.1. The van der Waals surface area contributed by atoms with Crippen LogP contribution in [-0.4, -0.2) is 11.7 Å². The van der Waals surface area contributed by atoms with E-state index in [1.807, 2.05) is 0 Å². The van der Waals surface area contributed by atoms with E-state index in [9.17, 15) is 5.11 Å². The van der Waals surface area contributed by atoms with Gasteiger partial charge in [-0.2, -0.15) is 0 Å². The highest BCUT2D eigenvalue weighted by molar-refractivity contribution is 5.32. The van der Waals surface area contributed by atoms with Crippen LogP contribution in [0.1, 0.15) is 51.9 Å². The zero-order chi connectivity index (χ0) is 16.6. The minimum absolute atomic E-state index is 0.238. The van der Waals surface area contributed by atoms with E-state index in [4.69, 9.17) is 0 Å². The van der Waals surface area contributed by atoms with Gasteiger partial charge in [0.1, 0.15) is 0 Å². The summed E-state index contributed by atoms with van der Waals surface area (Å²) in [4.78, 5) is 0. The van der Waals surface area contributed by atoms with Crippen LogP contribution in [0.5, 0.6) is 0 Å². The third kappa shape index (κ3) is 2.56. The molecule has 0 radical (unpaired) electrons. The SMILES string of the molecule is CC(CCCO)(C1=CC=CC1)C1C2C=CC=CC2C2CCCCC21. The summed E-state index contributed by atoms with van der Waals surface area (Å²) in [5, 5.41) is 9.52. The van der Waals surface area contributed by atoms with Gasteiger partial charge in [0, 0.05) is 6.61 Å². The summed E-state index contributed by atoms with van der Waals surface area (Å²) in [5.74, 6) is 3.96. The van der Waals surface area contributed by atoms with Gasteiger partial charge in [-0.3, -0.25) is 0 Å². The van der Waals surface area contributed by atoms with E-state index >= 15 is 0 Å². The minimum Gasteiger partial charge on any atom is -0.396 e. The smallest absolute Gasteiger partial charge is 0.0431 e. The fourth-order valence-corrected chi connectivity index (χ4v) is 6.58. The Morgan fingerprint density at radius 2 is 1.79 bits per heavy atom. The average Bonchev–Trinajstić information content (AvgIpc) is 3.26. The first kappa shape index (κ1) is 16.4. The molecule has 0 aliphatic heterocycles. The summed E-state index contributed by atoms with van der Waals surface area (Å²) in [5.41, 5.74) is 1.86. The fraction of sp³-hybridized carbons (Fsp3) is 0.652. The largest absolute Gasteiger partial charge is 0.396 e. The molecule has 0 heterocycles. The Hall–Kier alpha value is -1.08. The van der Waals surface area contributed by atoms with Crippen molar-refractivity contribution in [2.75, 3.05) is 6.61 Å². The van der Waals surface area contributed by atoms with Gasteiger partial charge >= 0.3 is 0 Å². The second-order valence-corrected chi connectivity index (χ2v) is 8.63. The molecule has 2 saturated carbocycles. The van der Waals surface area contributed by atoms with Crippen molar-refractivity contribution in [1.82, 2.24) is 0 Å². The van der Waals surface area contributed by atoms with Crippen molar-refractivity contribution in [2.24, 2.45) is 35.0 Å². The van der Waals surface area contributed by atoms with E-state index in [-0.39, 0.29) is 5.41 Å². The summed E-state index contributed by atoms with van der Waals surface area (Å²) in [6.45, 7) is 2.84. The monoisotopic (exact) mass is 324 g/mol. The quantitative estimate of drug-likeness (QED) is 0.713. The lowest BCUT2D eigenvalue weighted by Crippen LogP contribution is -2.37. The molecule has 1 N–H and O–H groups in total. The maximum atomic E-state index is 9.52. The molecule has 2 fully saturated rings. The first-order valence-electron chi connectivity index (χ1n) is 10.1. The fourth-order valence-electron chi connectivity index (χ4n) is 6.58. The Balaban J connectivity index is 1.72. The van der Waals surface area contributed by atoms with Gasteiger partial charge in [0.05, 0.1) is 0 Å². The van der Waals surface area contributed by atoms with Crippen molar-refractivity contribution in [3.8, 4) is 0 Å². The topological polar surface area (TPSA) is 20.2 Å². The molecule has 0 saturated heterocycles. The van der Waals surface area contributed by atoms with Crippen LogP contribution in [0, 0.1) is 35.0 Å². The van der Waals surface area contributed by atoms with E-state index in [1.54, 1.807) is 5.57 Å². The molecule has 0 bridgehead atoms. The predicted molar refractivity (Wildman–Crippen MR) is 100 cm³/mol. The van der Waals surface area contributed by atoms with Crippen molar-refractivity contribution in [3.05, 3.63) is 48.1 Å². The highest BCUT2D eigenvalue weighted by Crippen LogP contribution is 2.62. The molecular formula is C23H32O. The third-order valence-corrected chi connectivity index (χ3v) is 7.56. The van der Waals surface area contributed by atoms with Gasteiger partial charge in [0.25, 0.3) is 0 Å². The van der Waals surface area contributed by atoms with Gasteiger partial charge in [0.2, 0.25) is 0 Å². The van der Waals surface area contributed by atoms with Gasteiger partial charge < -0.3 is 5.11 Å². The molecule has 4 aliphatic rings. The number of hydrogen-bond acceptors (Lipinski definition) is 1. The van der Waals surface area contributed by atoms with Crippen LogP contribution in [0.2, 0.25) is 0 Å². The maximum absolute atomic E-state index is 9.52. The van der Waals surface area contributed by atoms with Crippen LogP contribution < -0.4 is 0 Å². The van der Waals surface area contributed by atoms with Crippen molar-refractivity contribution in [2.45, 2.75) is 51.9 Å². The lowest BCUT2D eigenvalue weighted by molar-refractivity contribution is 0.0988. The summed E-state index contributed by atoms with van der Waals surface area (Å²) in [7, 11) is 0. The second-order valence-electron chi connectivity index (χ2n) is 8.63. The summed E-state index contributed by atoms with van der Waals surface area (Å²) in [6.07, 6.45) is 25.4. The van der Waals surface area contributed by atoms with Crippen molar-refractivity contribution < 1.29 is 5.11 Å². The average molecular weight is 325 g/mol. The van der Waals surface area contributed by atoms with Crippen molar-refractivity contribution in [1.29, 1.82) is 0 Å². The standard InChI is InChI=1S/C23H32O/c1-23(15-8-16-24,17-9-2-3-10-17)22-20-13-6-4-11-18(20)19-12-5-7-14-21(19)22/h2-4,6,9,11,13,18-22,24H,5,7-8,10,12,14-16H2,1H3. The van der Waals surface area contributed by atoms with Crippen LogP contribution >= 0.6 is 0 Å². The number of allylic oxidation sites excluding steroid dienone is 8. The number of aliphatic hydroxyl groups is 1. The summed E-state index contributed by atoms with van der Waals surface area (Å²) < 4.78 is 0. The zero-order valence-corrected chi connectivity index (χ0v) is 15.0. The summed E-state index contributed by atoms with van der Waals surface area (Å²) >= 11 is 0. The number of hydrogen-bond donors (Lipinski definition) is 1. The van der Waals surface area contributed by atoms with Gasteiger partial charge in [-0.1, -0.05) is 67.9 Å². The molecule has 24 heavy (non-hydrogen) atoms. The molecule has 1 heteroatoms. The third-order valence-electron chi connectivity index (χ3n) is 7.56. The van der Waals surface area contributed by atoms with Crippen LogP contribution in [0.15, 0.2) is 48.1 Å². The Morgan fingerprint density at radius 1 is 1.04 bits per heavy atom. The molecular weight excluding hydrogens is 292 g/mol. The Bertz CT molecular complexity index is 581. The van der Waals surface area contributed by atoms with Gasteiger partial charge in [0.15, 0.2) is 0 Å². The van der Waals surface area contributed by atoms with Crippen LogP contribution in [0.4, 0.5) is 0 Å². The molecule has 130 valence electrons. The second kappa shape index (κ2) is 6.67. The van der Waals surface area contributed by atoms with E-state index in [2.05, 4.69) is 49.5 Å². The predicted octanol–water partition coefficient (Wildman–Crippen LogP) is 5.45. The van der Waals surface area contributed by atoms with Crippen LogP contribution in [0.3, 0.4) is 0 Å². The highest BCUT2D eigenvalue weighted by atomic mass is 16.2. The number of aliphatic hydroxyl groups excluding tert-OH is 1. The molecule has 1 nitrogen and oxygen atoms in total. The highest BCUT2D eigenvalue weighted by Gasteiger charge is 2.55. The Morgan fingerprint density at radius 3 is 2.50 bits per heavy atom. The molecule has 6 atom stereocenters. The lowest BCUT2D eigenvalue weighted by atomic mass is 9.60. The van der Waals surface area contributed by atoms with E-state index in [0.29, 0.717) is 12.5 Å². The van der Waals surface area contributed by atoms with Crippen molar-refractivity contribution >= 4 is 0 Å². The van der Waals surface area contributed by atoms with Gasteiger partial charge in [-0.05, 0) is 67.1 Å². The maximum Gasteiger partial charge on any atom is 0.0431 e. The van der Waals surface area contributed by atoms with Gasteiger partial charge in [-0.15, -0.1) is 0 Å². The first-order chi connectivity index (χ1) is 11.8. The zero-order valence-electron chi connectivity index (χ0n) is 15.0. The number of fused-ring (bicyclic) bond motifs is 3. The summed E-state index contributed by atoms with van der Waals surface area (Å²) in [6, 6.07) is 0. The van der Waals surface area contributed by atoms with E-state index < -0.39 is 0 Å². The Labute approximate surface area is 147 Å². The molecule has 0 aromatic rings.